The second kappa shape index (κ2) is 8.25. The summed E-state index contributed by atoms with van der Waals surface area (Å²) in [6.45, 7) is 0.874. The molecular formula is C18H19N3O5. The summed E-state index contributed by atoms with van der Waals surface area (Å²) in [7, 11) is 1.49. The van der Waals surface area contributed by atoms with Gasteiger partial charge in [0.2, 0.25) is 5.91 Å². The lowest BCUT2D eigenvalue weighted by molar-refractivity contribution is -0.152. The number of Topliss-reactive ketones (excluding diaryl/α,β-unsaturated/α-hetero) is 1. The van der Waals surface area contributed by atoms with E-state index < -0.39 is 30.2 Å². The van der Waals surface area contributed by atoms with Crippen LogP contribution in [0.15, 0.2) is 24.3 Å². The Kier molecular flexibility index (Phi) is 6.07. The van der Waals surface area contributed by atoms with Gasteiger partial charge < -0.3 is 19.8 Å². The number of hydrogen-bond acceptors (Lipinski definition) is 7. The zero-order valence-corrected chi connectivity index (χ0v) is 14.5. The first kappa shape index (κ1) is 19.1. The van der Waals surface area contributed by atoms with Crippen LogP contribution in [-0.4, -0.2) is 43.6 Å². The largest absolute Gasteiger partial charge is 0.495 e. The molecule has 2 rings (SSSR count). The number of nitrogens with one attached hydrogen (secondary N) is 1. The minimum absolute atomic E-state index is 0.0314. The van der Waals surface area contributed by atoms with E-state index in [4.69, 9.17) is 20.1 Å². The molecule has 1 aromatic carbocycles. The first-order chi connectivity index (χ1) is 12.4. The lowest BCUT2D eigenvalue weighted by Gasteiger charge is -2.19. The predicted octanol–water partition coefficient (Wildman–Crippen LogP) is 1.34. The smallest absolute Gasteiger partial charge is 0.311 e. The molecule has 1 aliphatic heterocycles. The first-order valence-electron chi connectivity index (χ1n) is 7.96. The Hall–Kier alpha value is -3.21. The molecule has 0 aromatic heterocycles. The summed E-state index contributed by atoms with van der Waals surface area (Å²) in [6, 6.07) is 8.67. The Morgan fingerprint density at radius 1 is 1.42 bits per heavy atom. The number of para-hydroxylation sites is 2. The van der Waals surface area contributed by atoms with E-state index in [9.17, 15) is 14.4 Å². The Balaban J connectivity index is 2.00. The number of amides is 1. The summed E-state index contributed by atoms with van der Waals surface area (Å²) in [4.78, 5) is 37.7. The molecule has 1 aliphatic rings. The number of esters is 1. The third-order valence-corrected chi connectivity index (χ3v) is 4.08. The normalized spacial score (nSPS) is 17.3. The van der Waals surface area contributed by atoms with Gasteiger partial charge in [0.05, 0.1) is 24.8 Å². The van der Waals surface area contributed by atoms with Gasteiger partial charge in [-0.2, -0.15) is 5.26 Å². The number of carbonyl (C=O) groups excluding carboxylic acids is 3. The van der Waals surface area contributed by atoms with Crippen LogP contribution in [0, 0.1) is 28.6 Å². The van der Waals surface area contributed by atoms with Gasteiger partial charge in [-0.25, -0.2) is 0 Å². The maximum absolute atomic E-state index is 12.3. The molecular weight excluding hydrogens is 338 g/mol. The van der Waals surface area contributed by atoms with Crippen molar-refractivity contribution in [3.8, 4) is 11.8 Å². The summed E-state index contributed by atoms with van der Waals surface area (Å²) in [5.74, 6) is -2.99. The highest BCUT2D eigenvalue weighted by Gasteiger charge is 2.37. The van der Waals surface area contributed by atoms with Crippen molar-refractivity contribution in [2.75, 3.05) is 25.2 Å². The van der Waals surface area contributed by atoms with Gasteiger partial charge in [0, 0.05) is 18.7 Å². The SMILES string of the molecule is COc1ccccc1N1C[C@H](C(=O)OCC(=O)C(C#N)C(C)=N)CC1=O. The fraction of sp³-hybridized carbons (Fsp3) is 0.389. The second-order valence-electron chi connectivity index (χ2n) is 5.90. The fourth-order valence-electron chi connectivity index (χ4n) is 2.70. The van der Waals surface area contributed by atoms with Crippen molar-refractivity contribution < 1.29 is 23.9 Å². The van der Waals surface area contributed by atoms with E-state index in [2.05, 4.69) is 0 Å². The molecule has 1 unspecified atom stereocenters. The molecule has 1 fully saturated rings. The van der Waals surface area contributed by atoms with E-state index >= 15 is 0 Å². The molecule has 0 bridgehead atoms. The highest BCUT2D eigenvalue weighted by Crippen LogP contribution is 2.33. The molecule has 1 aromatic rings. The number of nitrogens with zero attached hydrogens (tertiary/aromatic N) is 2. The molecule has 1 heterocycles. The van der Waals surface area contributed by atoms with E-state index in [1.807, 2.05) is 0 Å². The highest BCUT2D eigenvalue weighted by atomic mass is 16.5. The molecule has 2 atom stereocenters. The van der Waals surface area contributed by atoms with Crippen molar-refractivity contribution in [1.82, 2.24) is 0 Å². The van der Waals surface area contributed by atoms with Crippen LogP contribution in [0.4, 0.5) is 5.69 Å². The number of ether oxygens (including phenoxy) is 2. The summed E-state index contributed by atoms with van der Waals surface area (Å²) in [6.07, 6.45) is -0.0314. The zero-order chi connectivity index (χ0) is 19.3. The molecule has 8 nitrogen and oxygen atoms in total. The predicted molar refractivity (Wildman–Crippen MR) is 91.9 cm³/mol. The van der Waals surface area contributed by atoms with Gasteiger partial charge >= 0.3 is 5.97 Å². The molecule has 1 saturated heterocycles. The molecule has 136 valence electrons. The van der Waals surface area contributed by atoms with Crippen LogP contribution in [0.2, 0.25) is 0 Å². The van der Waals surface area contributed by atoms with Gasteiger partial charge in [-0.3, -0.25) is 14.4 Å². The van der Waals surface area contributed by atoms with Gasteiger partial charge in [0.1, 0.15) is 11.7 Å². The lowest BCUT2D eigenvalue weighted by Crippen LogP contribution is -2.29. The fourth-order valence-corrected chi connectivity index (χ4v) is 2.70. The Morgan fingerprint density at radius 2 is 2.12 bits per heavy atom. The van der Waals surface area contributed by atoms with Gasteiger partial charge in [0.15, 0.2) is 12.4 Å². The standard InChI is InChI=1S/C18H19N3O5/c1-11(20)13(8-19)15(22)10-26-18(24)12-7-17(23)21(9-12)14-5-3-4-6-16(14)25-2/h3-6,12-13,20H,7,9-10H2,1-2H3/t12-,13?/m1/s1. The first-order valence-corrected chi connectivity index (χ1v) is 7.96. The summed E-state index contributed by atoms with van der Waals surface area (Å²) in [5, 5.41) is 16.2. The molecule has 8 heteroatoms. The van der Waals surface area contributed by atoms with Gasteiger partial charge in [-0.15, -0.1) is 0 Å². The minimum atomic E-state index is -1.22. The van der Waals surface area contributed by atoms with Crippen LogP contribution < -0.4 is 9.64 Å². The lowest BCUT2D eigenvalue weighted by atomic mass is 10.0. The number of ketones is 1. The zero-order valence-electron chi connectivity index (χ0n) is 14.5. The van der Waals surface area contributed by atoms with Crippen LogP contribution >= 0.6 is 0 Å². The summed E-state index contributed by atoms with van der Waals surface area (Å²) >= 11 is 0. The Morgan fingerprint density at radius 3 is 2.73 bits per heavy atom. The number of nitriles is 1. The molecule has 0 saturated carbocycles. The third-order valence-electron chi connectivity index (χ3n) is 4.08. The summed E-state index contributed by atoms with van der Waals surface area (Å²) < 4.78 is 10.2. The van der Waals surface area contributed by atoms with Crippen LogP contribution in [0.1, 0.15) is 13.3 Å². The number of rotatable bonds is 7. The maximum Gasteiger partial charge on any atom is 0.311 e. The summed E-state index contributed by atoms with van der Waals surface area (Å²) in [5.41, 5.74) is 0.460. The molecule has 1 amide bonds. The minimum Gasteiger partial charge on any atom is -0.495 e. The van der Waals surface area contributed by atoms with E-state index in [0.717, 1.165) is 0 Å². The van der Waals surface area contributed by atoms with Crippen LogP contribution in [0.25, 0.3) is 0 Å². The Labute approximate surface area is 150 Å². The average molecular weight is 357 g/mol. The van der Waals surface area contributed by atoms with Gasteiger partial charge in [-0.1, -0.05) is 12.1 Å². The third kappa shape index (κ3) is 4.06. The van der Waals surface area contributed by atoms with E-state index in [1.54, 1.807) is 30.3 Å². The number of benzene rings is 1. The molecule has 1 N–H and O–H groups in total. The van der Waals surface area contributed by atoms with E-state index in [-0.39, 0.29) is 24.6 Å². The monoisotopic (exact) mass is 357 g/mol. The van der Waals surface area contributed by atoms with Crippen molar-refractivity contribution in [2.45, 2.75) is 13.3 Å². The average Bonchev–Trinajstić information content (AvgIpc) is 3.01. The highest BCUT2D eigenvalue weighted by molar-refractivity contribution is 6.06. The molecule has 0 aliphatic carbocycles. The number of anilines is 1. The van der Waals surface area contributed by atoms with Crippen LogP contribution in [0.3, 0.4) is 0 Å². The molecule has 0 spiro atoms. The van der Waals surface area contributed by atoms with E-state index in [1.165, 1.54) is 18.9 Å². The second-order valence-corrected chi connectivity index (χ2v) is 5.90. The van der Waals surface area contributed by atoms with Crippen molar-refractivity contribution in [1.29, 1.82) is 10.7 Å². The number of hydrogen-bond donors (Lipinski definition) is 1. The van der Waals surface area contributed by atoms with Crippen molar-refractivity contribution in [3.05, 3.63) is 24.3 Å². The van der Waals surface area contributed by atoms with Crippen molar-refractivity contribution >= 4 is 29.1 Å². The van der Waals surface area contributed by atoms with Gasteiger partial charge in [0.25, 0.3) is 0 Å². The maximum atomic E-state index is 12.3. The number of carbonyl (C=O) groups is 3. The van der Waals surface area contributed by atoms with Crippen molar-refractivity contribution in [2.24, 2.45) is 11.8 Å². The number of methoxy groups -OCH3 is 1. The van der Waals surface area contributed by atoms with Gasteiger partial charge in [-0.05, 0) is 19.1 Å². The van der Waals surface area contributed by atoms with Crippen molar-refractivity contribution in [3.63, 3.8) is 0 Å². The molecule has 26 heavy (non-hydrogen) atoms. The Bertz CT molecular complexity index is 783. The quantitative estimate of drug-likeness (QED) is 0.581. The van der Waals surface area contributed by atoms with Crippen LogP contribution in [0.5, 0.6) is 5.75 Å². The molecule has 0 radical (unpaired) electrons. The van der Waals surface area contributed by atoms with Crippen LogP contribution in [-0.2, 0) is 19.1 Å². The topological polar surface area (TPSA) is 121 Å². The van der Waals surface area contributed by atoms with E-state index in [0.29, 0.717) is 11.4 Å².